The first-order valence-electron chi connectivity index (χ1n) is 8.27. The quantitative estimate of drug-likeness (QED) is 0.510. The second-order valence-corrected chi connectivity index (χ2v) is 7.14. The summed E-state index contributed by atoms with van der Waals surface area (Å²) in [5.74, 6) is -1.02. The highest BCUT2D eigenvalue weighted by Gasteiger charge is 2.39. The lowest BCUT2D eigenvalue weighted by Gasteiger charge is -2.37. The summed E-state index contributed by atoms with van der Waals surface area (Å²) >= 11 is 0. The Bertz CT molecular complexity index is 630. The van der Waals surface area contributed by atoms with Crippen molar-refractivity contribution in [1.29, 1.82) is 0 Å². The van der Waals surface area contributed by atoms with E-state index in [1.807, 2.05) is 13.8 Å². The molecule has 0 amide bonds. The topological polar surface area (TPSA) is 26.3 Å². The van der Waals surface area contributed by atoms with Crippen molar-refractivity contribution in [2.45, 2.75) is 52.1 Å². The highest BCUT2D eigenvalue weighted by Crippen LogP contribution is 2.39. The van der Waals surface area contributed by atoms with Crippen molar-refractivity contribution in [1.82, 2.24) is 0 Å². The highest BCUT2D eigenvalue weighted by molar-refractivity contribution is 5.71. The van der Waals surface area contributed by atoms with Gasteiger partial charge in [0, 0.05) is 6.42 Å². The molecule has 2 nitrogen and oxygen atoms in total. The predicted octanol–water partition coefficient (Wildman–Crippen LogP) is 5.49. The van der Waals surface area contributed by atoms with Crippen LogP contribution in [0.4, 0.5) is 26.3 Å². The lowest BCUT2D eigenvalue weighted by molar-refractivity contribution is -0.166. The Hall–Kier alpha value is -1.73. The van der Waals surface area contributed by atoms with E-state index in [0.29, 0.717) is 0 Å². The lowest BCUT2D eigenvalue weighted by Crippen LogP contribution is -2.41. The van der Waals surface area contributed by atoms with Gasteiger partial charge < -0.3 is 4.74 Å². The molecule has 0 saturated carbocycles. The van der Waals surface area contributed by atoms with Gasteiger partial charge in [-0.25, -0.2) is 0 Å². The number of carbonyl (C=O) groups excluding carboxylic acids is 1. The van der Waals surface area contributed by atoms with Crippen molar-refractivity contribution in [3.05, 3.63) is 34.9 Å². The number of hydrogen-bond donors (Lipinski definition) is 0. The number of cyclic esters (lactones) is 1. The molecule has 1 aromatic carbocycles. The number of esters is 1. The first kappa shape index (κ1) is 20.6. The normalized spacial score (nSPS) is 24.7. The SMILES string of the molecule is CC(C)[C@H]1OC(=O)CC(Cc2cc(C(F)(F)F)cc(C(F)(F)F)c2)[C@H]1C. The molecule has 1 heterocycles. The Labute approximate surface area is 147 Å². The Balaban J connectivity index is 2.37. The fourth-order valence-corrected chi connectivity index (χ4v) is 3.42. The number of halogens is 6. The Kier molecular flexibility index (Phi) is 5.63. The van der Waals surface area contributed by atoms with Crippen molar-refractivity contribution in [2.24, 2.45) is 17.8 Å². The second-order valence-electron chi connectivity index (χ2n) is 7.14. The molecule has 146 valence electrons. The summed E-state index contributed by atoms with van der Waals surface area (Å²) in [6.45, 7) is 5.51. The van der Waals surface area contributed by atoms with Crippen LogP contribution in [0.25, 0.3) is 0 Å². The van der Waals surface area contributed by atoms with E-state index in [1.165, 1.54) is 0 Å². The Morgan fingerprint density at radius 1 is 1.04 bits per heavy atom. The van der Waals surface area contributed by atoms with Gasteiger partial charge in [0.2, 0.25) is 0 Å². The molecule has 0 bridgehead atoms. The summed E-state index contributed by atoms with van der Waals surface area (Å²) < 4.78 is 83.2. The van der Waals surface area contributed by atoms with E-state index >= 15 is 0 Å². The molecule has 26 heavy (non-hydrogen) atoms. The molecule has 8 heteroatoms. The largest absolute Gasteiger partial charge is 0.462 e. The van der Waals surface area contributed by atoms with Gasteiger partial charge in [0.25, 0.3) is 0 Å². The third kappa shape index (κ3) is 4.71. The maximum absolute atomic E-state index is 13.0. The first-order valence-corrected chi connectivity index (χ1v) is 8.27. The molecule has 1 saturated heterocycles. The summed E-state index contributed by atoms with van der Waals surface area (Å²) in [6, 6.07) is 1.57. The van der Waals surface area contributed by atoms with Crippen LogP contribution in [-0.2, 0) is 28.3 Å². The number of benzene rings is 1. The van der Waals surface area contributed by atoms with E-state index in [1.54, 1.807) is 6.92 Å². The highest BCUT2D eigenvalue weighted by atomic mass is 19.4. The standard InChI is InChI=1S/C18H20F6O2/c1-9(2)16-10(3)12(7-15(25)26-16)4-11-5-13(17(19,20)21)8-14(6-11)18(22,23)24/h5-6,8-10,12,16H,4,7H2,1-3H3/t10-,12?,16-/m1/s1. The van der Waals surface area contributed by atoms with Crippen molar-refractivity contribution in [2.75, 3.05) is 0 Å². The van der Waals surface area contributed by atoms with Gasteiger partial charge in [-0.1, -0.05) is 20.8 Å². The molecule has 1 aromatic rings. The Morgan fingerprint density at radius 3 is 1.96 bits per heavy atom. The van der Waals surface area contributed by atoms with E-state index in [2.05, 4.69) is 0 Å². The zero-order valence-corrected chi connectivity index (χ0v) is 14.5. The van der Waals surface area contributed by atoms with E-state index in [9.17, 15) is 31.1 Å². The van der Waals surface area contributed by atoms with Gasteiger partial charge in [-0.05, 0) is 47.9 Å². The molecular formula is C18H20F6O2. The number of carbonyl (C=O) groups is 1. The van der Waals surface area contributed by atoms with Crippen LogP contribution in [0.2, 0.25) is 0 Å². The lowest BCUT2D eigenvalue weighted by atomic mass is 9.77. The summed E-state index contributed by atoms with van der Waals surface area (Å²) in [7, 11) is 0. The molecular weight excluding hydrogens is 362 g/mol. The third-order valence-electron chi connectivity index (χ3n) is 4.76. The van der Waals surface area contributed by atoms with Crippen LogP contribution in [0, 0.1) is 17.8 Å². The van der Waals surface area contributed by atoms with Crippen molar-refractivity contribution in [3.8, 4) is 0 Å². The minimum absolute atomic E-state index is 0.00370. The summed E-state index contributed by atoms with van der Waals surface area (Å²) in [5.41, 5.74) is -2.76. The van der Waals surface area contributed by atoms with E-state index in [4.69, 9.17) is 4.74 Å². The van der Waals surface area contributed by atoms with Crippen LogP contribution in [0.15, 0.2) is 18.2 Å². The van der Waals surface area contributed by atoms with Crippen molar-refractivity contribution < 1.29 is 35.9 Å². The van der Waals surface area contributed by atoms with Gasteiger partial charge in [-0.3, -0.25) is 4.79 Å². The molecule has 0 aliphatic carbocycles. The fourth-order valence-electron chi connectivity index (χ4n) is 3.42. The fraction of sp³-hybridized carbons (Fsp3) is 0.611. The maximum Gasteiger partial charge on any atom is 0.416 e. The first-order chi connectivity index (χ1) is 11.8. The Morgan fingerprint density at radius 2 is 1.54 bits per heavy atom. The molecule has 0 spiro atoms. The number of ether oxygens (including phenoxy) is 1. The van der Waals surface area contributed by atoms with E-state index in [-0.39, 0.29) is 42.2 Å². The molecule has 1 unspecified atom stereocenters. The van der Waals surface area contributed by atoms with Crippen LogP contribution in [0.3, 0.4) is 0 Å². The second kappa shape index (κ2) is 7.12. The van der Waals surface area contributed by atoms with Gasteiger partial charge >= 0.3 is 18.3 Å². The van der Waals surface area contributed by atoms with Gasteiger partial charge in [0.05, 0.1) is 11.1 Å². The van der Waals surface area contributed by atoms with Crippen LogP contribution in [0.1, 0.15) is 43.9 Å². The van der Waals surface area contributed by atoms with Crippen LogP contribution < -0.4 is 0 Å². The minimum Gasteiger partial charge on any atom is -0.462 e. The van der Waals surface area contributed by atoms with Gasteiger partial charge in [0.1, 0.15) is 6.10 Å². The molecule has 2 rings (SSSR count). The maximum atomic E-state index is 13.0. The van der Waals surface area contributed by atoms with Crippen molar-refractivity contribution >= 4 is 5.97 Å². The average Bonchev–Trinajstić information content (AvgIpc) is 2.48. The average molecular weight is 382 g/mol. The van der Waals surface area contributed by atoms with Gasteiger partial charge in [0.15, 0.2) is 0 Å². The molecule has 0 N–H and O–H groups in total. The molecule has 1 fully saturated rings. The molecule has 0 radical (unpaired) electrons. The zero-order valence-electron chi connectivity index (χ0n) is 14.5. The van der Waals surface area contributed by atoms with E-state index < -0.39 is 35.6 Å². The number of rotatable bonds is 3. The smallest absolute Gasteiger partial charge is 0.416 e. The third-order valence-corrected chi connectivity index (χ3v) is 4.76. The monoisotopic (exact) mass is 382 g/mol. The number of alkyl halides is 6. The zero-order chi connectivity index (χ0) is 19.9. The van der Waals surface area contributed by atoms with Crippen LogP contribution in [0.5, 0.6) is 0 Å². The predicted molar refractivity (Wildman–Crippen MR) is 82.1 cm³/mol. The summed E-state index contributed by atoms with van der Waals surface area (Å²) in [4.78, 5) is 11.8. The molecule has 0 aromatic heterocycles. The van der Waals surface area contributed by atoms with E-state index in [0.717, 1.165) is 12.1 Å². The van der Waals surface area contributed by atoms with Crippen LogP contribution in [-0.4, -0.2) is 12.1 Å². The van der Waals surface area contributed by atoms with Crippen LogP contribution >= 0.6 is 0 Å². The molecule has 1 aliphatic rings. The van der Waals surface area contributed by atoms with Crippen molar-refractivity contribution in [3.63, 3.8) is 0 Å². The van der Waals surface area contributed by atoms with Gasteiger partial charge in [-0.15, -0.1) is 0 Å². The summed E-state index contributed by atoms with van der Waals surface area (Å²) in [5, 5.41) is 0. The van der Waals surface area contributed by atoms with Gasteiger partial charge in [-0.2, -0.15) is 26.3 Å². The summed E-state index contributed by atoms with van der Waals surface area (Å²) in [6.07, 6.45) is -10.2. The molecule has 3 atom stereocenters. The minimum atomic E-state index is -4.88. The molecule has 1 aliphatic heterocycles. The number of hydrogen-bond acceptors (Lipinski definition) is 2.